The summed E-state index contributed by atoms with van der Waals surface area (Å²) in [5, 5.41) is 0. The van der Waals surface area contributed by atoms with Gasteiger partial charge in [-0.05, 0) is 33.6 Å². The van der Waals surface area contributed by atoms with Crippen LogP contribution in [0.15, 0.2) is 0 Å². The van der Waals surface area contributed by atoms with Crippen LogP contribution in [0.3, 0.4) is 0 Å². The zero-order valence-corrected chi connectivity index (χ0v) is 8.92. The first-order valence-corrected chi connectivity index (χ1v) is 5.76. The normalized spacial score (nSPS) is 14.2. The first kappa shape index (κ1) is 12.3. The topological polar surface area (TPSA) is 49.7 Å². The Labute approximate surface area is 75.7 Å². The molecule has 2 N–H and O–H groups in total. The van der Waals surface area contributed by atoms with Gasteiger partial charge in [-0.2, -0.15) is 0 Å². The Balaban J connectivity index is 3.25. The SMILES string of the molecule is CC(C)OC(C)CCCP(O)O. The van der Waals surface area contributed by atoms with E-state index in [2.05, 4.69) is 0 Å². The van der Waals surface area contributed by atoms with Crippen molar-refractivity contribution in [3.8, 4) is 0 Å². The van der Waals surface area contributed by atoms with Crippen molar-refractivity contribution in [2.45, 2.75) is 45.8 Å². The van der Waals surface area contributed by atoms with Gasteiger partial charge in [-0.3, -0.25) is 0 Å². The Bertz CT molecular complexity index is 106. The van der Waals surface area contributed by atoms with Crippen molar-refractivity contribution in [3.63, 3.8) is 0 Å². The van der Waals surface area contributed by atoms with Gasteiger partial charge in [0.1, 0.15) is 0 Å². The quantitative estimate of drug-likeness (QED) is 0.635. The highest BCUT2D eigenvalue weighted by Gasteiger charge is 2.05. The Morgan fingerprint density at radius 2 is 1.83 bits per heavy atom. The van der Waals surface area contributed by atoms with Crippen molar-refractivity contribution in [2.75, 3.05) is 6.16 Å². The van der Waals surface area contributed by atoms with Gasteiger partial charge in [-0.15, -0.1) is 0 Å². The Morgan fingerprint density at radius 1 is 1.25 bits per heavy atom. The number of hydrogen-bond donors (Lipinski definition) is 2. The van der Waals surface area contributed by atoms with Crippen molar-refractivity contribution in [1.82, 2.24) is 0 Å². The van der Waals surface area contributed by atoms with E-state index in [9.17, 15) is 0 Å². The molecule has 1 unspecified atom stereocenters. The maximum atomic E-state index is 8.63. The van der Waals surface area contributed by atoms with E-state index in [0.29, 0.717) is 6.16 Å². The molecule has 0 radical (unpaired) electrons. The lowest BCUT2D eigenvalue weighted by molar-refractivity contribution is 0.0142. The van der Waals surface area contributed by atoms with E-state index in [1.54, 1.807) is 0 Å². The van der Waals surface area contributed by atoms with E-state index < -0.39 is 8.38 Å². The highest BCUT2D eigenvalue weighted by atomic mass is 31.2. The first-order chi connectivity index (χ1) is 5.52. The zero-order chi connectivity index (χ0) is 9.56. The van der Waals surface area contributed by atoms with Crippen molar-refractivity contribution in [2.24, 2.45) is 0 Å². The first-order valence-electron chi connectivity index (χ1n) is 4.33. The van der Waals surface area contributed by atoms with Crippen LogP contribution in [0.1, 0.15) is 33.6 Å². The van der Waals surface area contributed by atoms with Gasteiger partial charge in [-0.1, -0.05) is 0 Å². The molecule has 4 heteroatoms. The predicted octanol–water partition coefficient (Wildman–Crippen LogP) is 1.88. The van der Waals surface area contributed by atoms with Crippen LogP contribution in [0.4, 0.5) is 0 Å². The van der Waals surface area contributed by atoms with Gasteiger partial charge in [0.25, 0.3) is 0 Å². The molecule has 0 aromatic carbocycles. The molecule has 1 atom stereocenters. The van der Waals surface area contributed by atoms with Crippen molar-refractivity contribution < 1.29 is 14.5 Å². The van der Waals surface area contributed by atoms with E-state index >= 15 is 0 Å². The van der Waals surface area contributed by atoms with E-state index in [4.69, 9.17) is 14.5 Å². The van der Waals surface area contributed by atoms with Gasteiger partial charge in [0.15, 0.2) is 8.38 Å². The van der Waals surface area contributed by atoms with Crippen LogP contribution in [0.25, 0.3) is 0 Å². The second-order valence-electron chi connectivity index (χ2n) is 3.23. The molecule has 0 saturated heterocycles. The third-order valence-corrected chi connectivity index (χ3v) is 2.19. The number of hydrogen-bond acceptors (Lipinski definition) is 3. The summed E-state index contributed by atoms with van der Waals surface area (Å²) in [5.41, 5.74) is 0. The van der Waals surface area contributed by atoms with Crippen LogP contribution < -0.4 is 0 Å². The van der Waals surface area contributed by atoms with Crippen molar-refractivity contribution in [3.05, 3.63) is 0 Å². The molecule has 0 aliphatic carbocycles. The molecule has 0 saturated carbocycles. The molecule has 0 aromatic rings. The average Bonchev–Trinajstić information content (AvgIpc) is 1.84. The predicted molar refractivity (Wildman–Crippen MR) is 51.1 cm³/mol. The fourth-order valence-corrected chi connectivity index (χ4v) is 1.52. The monoisotopic (exact) mass is 194 g/mol. The second kappa shape index (κ2) is 6.79. The Hall–Kier alpha value is 0.310. The highest BCUT2D eigenvalue weighted by Crippen LogP contribution is 2.24. The second-order valence-corrected chi connectivity index (χ2v) is 4.43. The molecule has 0 fully saturated rings. The van der Waals surface area contributed by atoms with Crippen LogP contribution in [0.5, 0.6) is 0 Å². The fourth-order valence-electron chi connectivity index (χ4n) is 1.05. The molecule has 0 rings (SSSR count). The van der Waals surface area contributed by atoms with Gasteiger partial charge >= 0.3 is 0 Å². The minimum Gasteiger partial charge on any atom is -0.376 e. The molecule has 0 aliphatic heterocycles. The lowest BCUT2D eigenvalue weighted by atomic mass is 10.2. The third-order valence-electron chi connectivity index (χ3n) is 1.47. The number of rotatable bonds is 6. The summed E-state index contributed by atoms with van der Waals surface area (Å²) in [6, 6.07) is 0. The van der Waals surface area contributed by atoms with Crippen molar-refractivity contribution in [1.29, 1.82) is 0 Å². The maximum absolute atomic E-state index is 8.63. The van der Waals surface area contributed by atoms with Crippen LogP contribution in [0.2, 0.25) is 0 Å². The summed E-state index contributed by atoms with van der Waals surface area (Å²) >= 11 is 0. The van der Waals surface area contributed by atoms with Crippen molar-refractivity contribution >= 4 is 8.38 Å². The van der Waals surface area contributed by atoms with E-state index in [-0.39, 0.29) is 12.2 Å². The molecule has 0 spiro atoms. The summed E-state index contributed by atoms with van der Waals surface area (Å²) in [7, 11) is -1.71. The van der Waals surface area contributed by atoms with Crippen LogP contribution in [-0.4, -0.2) is 28.2 Å². The molecule has 0 aromatic heterocycles. The van der Waals surface area contributed by atoms with Gasteiger partial charge in [0.05, 0.1) is 12.2 Å². The summed E-state index contributed by atoms with van der Waals surface area (Å²) in [6.07, 6.45) is 2.70. The molecule has 0 heterocycles. The van der Waals surface area contributed by atoms with E-state index in [1.165, 1.54) is 0 Å². The largest absolute Gasteiger partial charge is 0.376 e. The molecular formula is C8H19O3P. The molecular weight excluding hydrogens is 175 g/mol. The maximum Gasteiger partial charge on any atom is 0.164 e. The lowest BCUT2D eigenvalue weighted by Crippen LogP contribution is -2.14. The molecule has 12 heavy (non-hydrogen) atoms. The molecule has 74 valence electrons. The van der Waals surface area contributed by atoms with Gasteiger partial charge < -0.3 is 14.5 Å². The van der Waals surface area contributed by atoms with E-state index in [0.717, 1.165) is 12.8 Å². The smallest absolute Gasteiger partial charge is 0.164 e. The zero-order valence-electron chi connectivity index (χ0n) is 8.03. The Kier molecular flexibility index (Phi) is 6.96. The summed E-state index contributed by atoms with van der Waals surface area (Å²) in [6.45, 7) is 6.01. The third kappa shape index (κ3) is 8.41. The van der Waals surface area contributed by atoms with Gasteiger partial charge in [0.2, 0.25) is 0 Å². The standard InChI is InChI=1S/C8H19O3P/c1-7(2)11-8(3)5-4-6-12(9)10/h7-10H,4-6H2,1-3H3. The molecule has 0 aliphatic rings. The van der Waals surface area contributed by atoms with Gasteiger partial charge in [0, 0.05) is 6.16 Å². The van der Waals surface area contributed by atoms with Gasteiger partial charge in [-0.25, -0.2) is 0 Å². The fraction of sp³-hybridized carbons (Fsp3) is 1.00. The van der Waals surface area contributed by atoms with E-state index in [1.807, 2.05) is 20.8 Å². The Morgan fingerprint density at radius 3 is 2.25 bits per heavy atom. The number of ether oxygens (including phenoxy) is 1. The molecule has 0 amide bonds. The molecule has 3 nitrogen and oxygen atoms in total. The average molecular weight is 194 g/mol. The minimum absolute atomic E-state index is 0.222. The summed E-state index contributed by atoms with van der Waals surface area (Å²) < 4.78 is 5.48. The van der Waals surface area contributed by atoms with Crippen LogP contribution in [0, 0.1) is 0 Å². The lowest BCUT2D eigenvalue weighted by Gasteiger charge is -2.15. The summed E-state index contributed by atoms with van der Waals surface area (Å²) in [4.78, 5) is 17.3. The van der Waals surface area contributed by atoms with Crippen LogP contribution >= 0.6 is 8.38 Å². The molecule has 0 bridgehead atoms. The summed E-state index contributed by atoms with van der Waals surface area (Å²) in [5.74, 6) is 0. The van der Waals surface area contributed by atoms with Crippen LogP contribution in [-0.2, 0) is 4.74 Å². The minimum atomic E-state index is -1.71. The highest BCUT2D eigenvalue weighted by molar-refractivity contribution is 7.45.